The Morgan fingerprint density at radius 3 is 2.60 bits per heavy atom. The first-order chi connectivity index (χ1) is 14.1. The second-order valence-electron chi connectivity index (χ2n) is 6.20. The van der Waals surface area contributed by atoms with Gasteiger partial charge in [0.15, 0.2) is 10.4 Å². The molecule has 0 radical (unpaired) electrons. The fourth-order valence-corrected chi connectivity index (χ4v) is 3.89. The van der Waals surface area contributed by atoms with Crippen molar-refractivity contribution in [1.82, 2.24) is 0 Å². The van der Waals surface area contributed by atoms with Crippen LogP contribution >= 0.6 is 24.0 Å². The van der Waals surface area contributed by atoms with Crippen molar-refractivity contribution in [2.45, 2.75) is 19.2 Å². The van der Waals surface area contributed by atoms with E-state index in [-0.39, 0.29) is 20.7 Å². The second kappa shape index (κ2) is 8.49. The number of rotatable bonds is 5. The minimum absolute atomic E-state index is 0.0137. The average molecular weight is 453 g/mol. The summed E-state index contributed by atoms with van der Waals surface area (Å²) < 4.78 is 44.5. The molecule has 30 heavy (non-hydrogen) atoms. The number of thiocarbonyl (C=S) groups is 1. The Bertz CT molecular complexity index is 1050. The van der Waals surface area contributed by atoms with E-state index in [0.717, 1.165) is 28.8 Å². The fourth-order valence-electron chi connectivity index (χ4n) is 2.60. The summed E-state index contributed by atoms with van der Waals surface area (Å²) in [5.74, 6) is -1.48. The first kappa shape index (κ1) is 21.8. The summed E-state index contributed by atoms with van der Waals surface area (Å²) in [6.45, 7) is 1.37. The third kappa shape index (κ3) is 4.65. The number of carboxylic acids is 1. The maximum atomic E-state index is 13.0. The summed E-state index contributed by atoms with van der Waals surface area (Å²) in [4.78, 5) is 25.1. The molecule has 1 N–H and O–H groups in total. The van der Waals surface area contributed by atoms with Crippen LogP contribution in [0.25, 0.3) is 6.08 Å². The maximum absolute atomic E-state index is 13.0. The molecule has 5 nitrogen and oxygen atoms in total. The predicted octanol–water partition coefficient (Wildman–Crippen LogP) is 4.96. The molecule has 1 aliphatic rings. The zero-order valence-electron chi connectivity index (χ0n) is 15.3. The number of carboxylic acid groups (broad SMARTS) is 1. The molecule has 0 saturated carbocycles. The van der Waals surface area contributed by atoms with E-state index < -0.39 is 29.7 Å². The van der Waals surface area contributed by atoms with Gasteiger partial charge in [0.2, 0.25) is 0 Å². The third-order valence-electron chi connectivity index (χ3n) is 4.08. The van der Waals surface area contributed by atoms with E-state index in [1.165, 1.54) is 25.1 Å². The van der Waals surface area contributed by atoms with Gasteiger partial charge in [-0.3, -0.25) is 9.69 Å². The normalized spacial score (nSPS) is 16.8. The molecule has 156 valence electrons. The molecular formula is C20H14F3NO4S2. The SMILES string of the molecule is CC(Oc1ccccc1/C=C1/SC(=S)N(c2cccc(C(F)(F)F)c2)C1=O)C(=O)O. The zero-order chi connectivity index (χ0) is 22.1. The number of carbonyl (C=O) groups excluding carboxylic acids is 1. The van der Waals surface area contributed by atoms with Crippen molar-refractivity contribution in [3.05, 3.63) is 64.6 Å². The molecule has 0 aliphatic carbocycles. The first-order valence-corrected chi connectivity index (χ1v) is 9.74. The lowest BCUT2D eigenvalue weighted by Gasteiger charge is -2.16. The average Bonchev–Trinajstić information content (AvgIpc) is 2.96. The van der Waals surface area contributed by atoms with Gasteiger partial charge in [-0.2, -0.15) is 13.2 Å². The molecule has 2 aromatic rings. The van der Waals surface area contributed by atoms with E-state index in [0.29, 0.717) is 5.56 Å². The van der Waals surface area contributed by atoms with Crippen LogP contribution in [0, 0.1) is 0 Å². The molecule has 3 rings (SSSR count). The van der Waals surface area contributed by atoms with Crippen LogP contribution in [0.15, 0.2) is 53.4 Å². The Balaban J connectivity index is 1.93. The highest BCUT2D eigenvalue weighted by Crippen LogP contribution is 2.39. The van der Waals surface area contributed by atoms with Crippen molar-refractivity contribution in [2.24, 2.45) is 0 Å². The van der Waals surface area contributed by atoms with Crippen LogP contribution in [0.2, 0.25) is 0 Å². The molecule has 0 spiro atoms. The quantitative estimate of drug-likeness (QED) is 0.510. The summed E-state index contributed by atoms with van der Waals surface area (Å²) in [5, 5.41) is 9.03. The highest BCUT2D eigenvalue weighted by Gasteiger charge is 2.36. The smallest absolute Gasteiger partial charge is 0.416 e. The van der Waals surface area contributed by atoms with Crippen LogP contribution in [-0.2, 0) is 15.8 Å². The van der Waals surface area contributed by atoms with E-state index in [9.17, 15) is 22.8 Å². The molecule has 0 aromatic heterocycles. The van der Waals surface area contributed by atoms with E-state index in [1.54, 1.807) is 24.3 Å². The molecule has 1 unspecified atom stereocenters. The first-order valence-electron chi connectivity index (χ1n) is 8.51. The minimum Gasteiger partial charge on any atom is -0.479 e. The van der Waals surface area contributed by atoms with Crippen LogP contribution in [0.5, 0.6) is 5.75 Å². The fraction of sp³-hybridized carbons (Fsp3) is 0.150. The molecule has 1 saturated heterocycles. The van der Waals surface area contributed by atoms with Crippen molar-refractivity contribution >= 4 is 51.9 Å². The van der Waals surface area contributed by atoms with Gasteiger partial charge < -0.3 is 9.84 Å². The molecule has 1 aliphatic heterocycles. The molecule has 1 heterocycles. The third-order valence-corrected chi connectivity index (χ3v) is 5.38. The van der Waals surface area contributed by atoms with Gasteiger partial charge in [0.1, 0.15) is 5.75 Å². The summed E-state index contributed by atoms with van der Waals surface area (Å²) in [5.41, 5.74) is -0.436. The number of benzene rings is 2. The molecule has 1 fully saturated rings. The lowest BCUT2D eigenvalue weighted by Crippen LogP contribution is -2.27. The minimum atomic E-state index is -4.55. The number of ether oxygens (including phenoxy) is 1. The van der Waals surface area contributed by atoms with Crippen molar-refractivity contribution in [2.75, 3.05) is 4.90 Å². The lowest BCUT2D eigenvalue weighted by molar-refractivity contribution is -0.144. The molecule has 2 aromatic carbocycles. The van der Waals surface area contributed by atoms with E-state index in [1.807, 2.05) is 0 Å². The summed E-state index contributed by atoms with van der Waals surface area (Å²) in [7, 11) is 0. The van der Waals surface area contributed by atoms with Crippen LogP contribution in [0.3, 0.4) is 0 Å². The number of nitrogens with zero attached hydrogens (tertiary/aromatic N) is 1. The predicted molar refractivity (Wildman–Crippen MR) is 111 cm³/mol. The number of amides is 1. The maximum Gasteiger partial charge on any atom is 0.416 e. The number of alkyl halides is 3. The Kier molecular flexibility index (Phi) is 6.18. The Labute approximate surface area is 179 Å². The van der Waals surface area contributed by atoms with Gasteiger partial charge in [-0.25, -0.2) is 4.79 Å². The van der Waals surface area contributed by atoms with Crippen LogP contribution in [-0.4, -0.2) is 27.4 Å². The van der Waals surface area contributed by atoms with Gasteiger partial charge in [0, 0.05) is 5.56 Å². The van der Waals surface area contributed by atoms with Crippen molar-refractivity contribution < 1.29 is 32.6 Å². The van der Waals surface area contributed by atoms with Crippen LogP contribution < -0.4 is 9.64 Å². The molecule has 10 heteroatoms. The molecule has 1 atom stereocenters. The Hall–Kier alpha value is -2.85. The van der Waals surface area contributed by atoms with Gasteiger partial charge in [0.25, 0.3) is 5.91 Å². The van der Waals surface area contributed by atoms with Crippen molar-refractivity contribution in [3.8, 4) is 5.75 Å². The van der Waals surface area contributed by atoms with Crippen molar-refractivity contribution in [1.29, 1.82) is 0 Å². The van der Waals surface area contributed by atoms with Gasteiger partial charge in [-0.1, -0.05) is 48.2 Å². The summed E-state index contributed by atoms with van der Waals surface area (Å²) in [6.07, 6.45) is -4.20. The summed E-state index contributed by atoms with van der Waals surface area (Å²) in [6, 6.07) is 10.9. The highest BCUT2D eigenvalue weighted by molar-refractivity contribution is 8.27. The Morgan fingerprint density at radius 2 is 1.93 bits per heavy atom. The monoisotopic (exact) mass is 453 g/mol. The molecular weight excluding hydrogens is 439 g/mol. The van der Waals surface area contributed by atoms with Crippen LogP contribution in [0.4, 0.5) is 18.9 Å². The number of hydrogen-bond acceptors (Lipinski definition) is 5. The zero-order valence-corrected chi connectivity index (χ0v) is 17.0. The van der Waals surface area contributed by atoms with Crippen LogP contribution in [0.1, 0.15) is 18.1 Å². The number of aliphatic carboxylic acids is 1. The Morgan fingerprint density at radius 1 is 1.23 bits per heavy atom. The standard InChI is InChI=1S/C20H14F3NO4S2/c1-11(18(26)27)28-15-8-3-2-5-12(15)9-16-17(25)24(19(29)30-16)14-7-4-6-13(10-14)20(21,22)23/h2-11H,1H3,(H,26,27)/b16-9+. The number of thioether (sulfide) groups is 1. The number of para-hydroxylation sites is 1. The number of halogens is 3. The second-order valence-corrected chi connectivity index (χ2v) is 7.88. The van der Waals surface area contributed by atoms with Crippen molar-refractivity contribution in [3.63, 3.8) is 0 Å². The topological polar surface area (TPSA) is 66.8 Å². The van der Waals surface area contributed by atoms with E-state index in [2.05, 4.69) is 0 Å². The molecule has 1 amide bonds. The summed E-state index contributed by atoms with van der Waals surface area (Å²) >= 11 is 6.14. The number of carbonyl (C=O) groups is 2. The van der Waals surface area contributed by atoms with E-state index in [4.69, 9.17) is 22.1 Å². The van der Waals surface area contributed by atoms with Gasteiger partial charge in [-0.15, -0.1) is 0 Å². The van der Waals surface area contributed by atoms with E-state index >= 15 is 0 Å². The van der Waals surface area contributed by atoms with Gasteiger partial charge >= 0.3 is 12.1 Å². The van der Waals surface area contributed by atoms with Gasteiger partial charge in [-0.05, 0) is 37.3 Å². The lowest BCUT2D eigenvalue weighted by atomic mass is 10.1. The number of anilines is 1. The number of hydrogen-bond donors (Lipinski definition) is 1. The highest BCUT2D eigenvalue weighted by atomic mass is 32.2. The van der Waals surface area contributed by atoms with Gasteiger partial charge in [0.05, 0.1) is 16.2 Å². The molecule has 0 bridgehead atoms. The largest absolute Gasteiger partial charge is 0.479 e.